The van der Waals surface area contributed by atoms with Crippen LogP contribution in [0.15, 0.2) is 67.8 Å². The van der Waals surface area contributed by atoms with E-state index in [0.29, 0.717) is 31.2 Å². The molecule has 0 saturated heterocycles. The molecule has 7 heteroatoms. The van der Waals surface area contributed by atoms with Crippen molar-refractivity contribution in [3.8, 4) is 11.6 Å². The first kappa shape index (κ1) is 18.3. The Hall–Kier alpha value is -3.48. The lowest BCUT2D eigenvalue weighted by molar-refractivity contribution is 0.0745. The van der Waals surface area contributed by atoms with Gasteiger partial charge in [-0.1, -0.05) is 36.9 Å². The molecule has 0 saturated carbocycles. The van der Waals surface area contributed by atoms with E-state index in [1.165, 1.54) is 0 Å². The van der Waals surface area contributed by atoms with Crippen molar-refractivity contribution in [2.45, 2.75) is 13.5 Å². The van der Waals surface area contributed by atoms with Gasteiger partial charge in [0.05, 0.1) is 0 Å². The van der Waals surface area contributed by atoms with E-state index in [-0.39, 0.29) is 5.91 Å². The van der Waals surface area contributed by atoms with E-state index in [9.17, 15) is 4.79 Å². The monoisotopic (exact) mass is 363 g/mol. The Bertz CT molecular complexity index is 908. The van der Waals surface area contributed by atoms with Gasteiger partial charge in [0.1, 0.15) is 36.5 Å². The number of hydrogen-bond acceptors (Lipinski definition) is 5. The number of carbonyl (C=O) groups is 1. The van der Waals surface area contributed by atoms with Crippen molar-refractivity contribution < 1.29 is 9.53 Å². The fraction of sp³-hybridized carbons (Fsp3) is 0.200. The average Bonchev–Trinajstić information content (AvgIpc) is 3.26. The van der Waals surface area contributed by atoms with Crippen LogP contribution in [0.1, 0.15) is 23.0 Å². The van der Waals surface area contributed by atoms with E-state index in [1.807, 2.05) is 31.2 Å². The van der Waals surface area contributed by atoms with Gasteiger partial charge in [-0.05, 0) is 25.1 Å². The topological polar surface area (TPSA) is 73.1 Å². The maximum atomic E-state index is 13.0. The molecule has 1 amide bonds. The summed E-state index contributed by atoms with van der Waals surface area (Å²) in [6.45, 7) is 7.01. The molecule has 0 radical (unpaired) electrons. The molecule has 0 aliphatic heterocycles. The molecular weight excluding hydrogens is 342 g/mol. The van der Waals surface area contributed by atoms with E-state index in [4.69, 9.17) is 4.74 Å². The Labute approximate surface area is 157 Å². The fourth-order valence-corrected chi connectivity index (χ4v) is 2.62. The number of aromatic nitrogens is 4. The minimum atomic E-state index is -0.147. The summed E-state index contributed by atoms with van der Waals surface area (Å²) in [5, 5.41) is 7.54. The van der Waals surface area contributed by atoms with Crippen LogP contribution in [0.3, 0.4) is 0 Å². The van der Waals surface area contributed by atoms with Crippen LogP contribution in [0.4, 0.5) is 0 Å². The molecule has 0 unspecified atom stereocenters. The third-order valence-electron chi connectivity index (χ3n) is 4.00. The highest BCUT2D eigenvalue weighted by molar-refractivity contribution is 5.92. The third kappa shape index (κ3) is 4.38. The molecule has 3 aromatic rings. The van der Waals surface area contributed by atoms with E-state index in [0.717, 1.165) is 11.3 Å². The fourth-order valence-electron chi connectivity index (χ4n) is 2.62. The van der Waals surface area contributed by atoms with Gasteiger partial charge in [0.25, 0.3) is 5.91 Å². The molecule has 1 aromatic carbocycles. The summed E-state index contributed by atoms with van der Waals surface area (Å²) in [5.74, 6) is 1.19. The Balaban J connectivity index is 1.81. The second-order valence-electron chi connectivity index (χ2n) is 5.78. The molecule has 0 fully saturated rings. The second-order valence-corrected chi connectivity index (χ2v) is 5.78. The van der Waals surface area contributed by atoms with Crippen LogP contribution < -0.4 is 4.74 Å². The molecule has 138 valence electrons. The molecule has 2 aromatic heterocycles. The first-order chi connectivity index (χ1) is 13.2. The summed E-state index contributed by atoms with van der Waals surface area (Å²) in [4.78, 5) is 19.2. The number of ether oxygens (including phenoxy) is 1. The van der Waals surface area contributed by atoms with Gasteiger partial charge in [-0.25, -0.2) is 4.98 Å². The van der Waals surface area contributed by atoms with E-state index >= 15 is 0 Å². The number of amides is 1. The minimum Gasteiger partial charge on any atom is -0.489 e. The van der Waals surface area contributed by atoms with Gasteiger partial charge in [-0.15, -0.1) is 10.2 Å². The minimum absolute atomic E-state index is 0.147. The maximum Gasteiger partial charge on any atom is 0.272 e. The molecule has 0 atom stereocenters. The van der Waals surface area contributed by atoms with Crippen molar-refractivity contribution >= 4 is 5.91 Å². The summed E-state index contributed by atoms with van der Waals surface area (Å²) < 4.78 is 7.35. The van der Waals surface area contributed by atoms with Crippen molar-refractivity contribution in [1.29, 1.82) is 0 Å². The SMILES string of the molecule is C=CCOc1ccccc1CN(CC)C(=O)c1cccc(-n2cnnc2)n1. The molecule has 0 bridgehead atoms. The van der Waals surface area contributed by atoms with Crippen LogP contribution in [0.5, 0.6) is 5.75 Å². The summed E-state index contributed by atoms with van der Waals surface area (Å²) in [6, 6.07) is 13.0. The van der Waals surface area contributed by atoms with E-state index in [2.05, 4.69) is 21.8 Å². The highest BCUT2D eigenvalue weighted by atomic mass is 16.5. The van der Waals surface area contributed by atoms with E-state index < -0.39 is 0 Å². The summed E-state index contributed by atoms with van der Waals surface area (Å²) in [7, 11) is 0. The largest absolute Gasteiger partial charge is 0.489 e. The Kier molecular flexibility index (Phi) is 5.94. The molecule has 0 aliphatic rings. The lowest BCUT2D eigenvalue weighted by Gasteiger charge is -2.22. The molecule has 3 rings (SSSR count). The number of para-hydroxylation sites is 1. The number of rotatable bonds is 8. The average molecular weight is 363 g/mol. The van der Waals surface area contributed by atoms with Crippen molar-refractivity contribution in [2.24, 2.45) is 0 Å². The van der Waals surface area contributed by atoms with Gasteiger partial charge in [0, 0.05) is 18.7 Å². The van der Waals surface area contributed by atoms with Crippen LogP contribution >= 0.6 is 0 Å². The van der Waals surface area contributed by atoms with Gasteiger partial charge in [0.15, 0.2) is 0 Å². The molecule has 7 nitrogen and oxygen atoms in total. The maximum absolute atomic E-state index is 13.0. The number of pyridine rings is 1. The Morgan fingerprint density at radius 3 is 2.70 bits per heavy atom. The number of benzene rings is 1. The van der Waals surface area contributed by atoms with Crippen molar-refractivity contribution in [3.05, 3.63) is 79.0 Å². The Morgan fingerprint density at radius 1 is 1.19 bits per heavy atom. The van der Waals surface area contributed by atoms with Crippen LogP contribution in [0, 0.1) is 0 Å². The lowest BCUT2D eigenvalue weighted by atomic mass is 10.1. The molecule has 2 heterocycles. The summed E-state index contributed by atoms with van der Waals surface area (Å²) >= 11 is 0. The van der Waals surface area contributed by atoms with Crippen LogP contribution in [-0.2, 0) is 6.54 Å². The van der Waals surface area contributed by atoms with Gasteiger partial charge in [0.2, 0.25) is 0 Å². The van der Waals surface area contributed by atoms with Gasteiger partial charge < -0.3 is 9.64 Å². The normalized spacial score (nSPS) is 10.4. The van der Waals surface area contributed by atoms with Gasteiger partial charge in [-0.2, -0.15) is 0 Å². The van der Waals surface area contributed by atoms with Gasteiger partial charge >= 0.3 is 0 Å². The molecule has 0 aliphatic carbocycles. The van der Waals surface area contributed by atoms with E-state index in [1.54, 1.807) is 46.4 Å². The van der Waals surface area contributed by atoms with Crippen molar-refractivity contribution in [1.82, 2.24) is 24.6 Å². The van der Waals surface area contributed by atoms with Crippen LogP contribution in [0.2, 0.25) is 0 Å². The standard InChI is InChI=1S/C20H21N5O2/c1-3-12-27-18-10-6-5-8-16(18)13-24(4-2)20(26)17-9-7-11-19(23-17)25-14-21-22-15-25/h3,5-11,14-15H,1,4,12-13H2,2H3. The molecule has 0 N–H and O–H groups in total. The second kappa shape index (κ2) is 8.75. The lowest BCUT2D eigenvalue weighted by Crippen LogP contribution is -2.31. The Morgan fingerprint density at radius 2 is 1.96 bits per heavy atom. The molecule has 27 heavy (non-hydrogen) atoms. The number of nitrogens with zero attached hydrogens (tertiary/aromatic N) is 5. The molecule has 0 spiro atoms. The predicted molar refractivity (Wildman–Crippen MR) is 102 cm³/mol. The van der Waals surface area contributed by atoms with Crippen LogP contribution in [-0.4, -0.2) is 43.7 Å². The smallest absolute Gasteiger partial charge is 0.272 e. The highest BCUT2D eigenvalue weighted by Gasteiger charge is 2.18. The zero-order chi connectivity index (χ0) is 19.1. The zero-order valence-corrected chi connectivity index (χ0v) is 15.2. The van der Waals surface area contributed by atoms with Crippen LogP contribution in [0.25, 0.3) is 5.82 Å². The number of carbonyl (C=O) groups excluding carboxylic acids is 1. The first-order valence-electron chi connectivity index (χ1n) is 8.66. The predicted octanol–water partition coefficient (Wildman–Crippen LogP) is 2.89. The third-order valence-corrected chi connectivity index (χ3v) is 4.00. The summed E-state index contributed by atoms with van der Waals surface area (Å²) in [6.07, 6.45) is 4.78. The number of hydrogen-bond donors (Lipinski definition) is 0. The first-order valence-corrected chi connectivity index (χ1v) is 8.66. The van der Waals surface area contributed by atoms with Crippen molar-refractivity contribution in [3.63, 3.8) is 0 Å². The molecular formula is C20H21N5O2. The van der Waals surface area contributed by atoms with Gasteiger partial charge in [-0.3, -0.25) is 9.36 Å². The zero-order valence-electron chi connectivity index (χ0n) is 15.2. The van der Waals surface area contributed by atoms with Crippen molar-refractivity contribution in [2.75, 3.05) is 13.2 Å². The summed E-state index contributed by atoms with van der Waals surface area (Å²) in [5.41, 5.74) is 1.30. The highest BCUT2D eigenvalue weighted by Crippen LogP contribution is 2.21. The quantitative estimate of drug-likeness (QED) is 0.576.